The first-order valence-electron chi connectivity index (χ1n) is 10.7. The zero-order valence-electron chi connectivity index (χ0n) is 17.8. The number of aliphatic hydroxyl groups is 1. The van der Waals surface area contributed by atoms with Crippen LogP contribution in [0.25, 0.3) is 10.9 Å². The molecule has 0 fully saturated rings. The van der Waals surface area contributed by atoms with Crippen LogP contribution in [0.5, 0.6) is 5.75 Å². The zero-order chi connectivity index (χ0) is 22.7. The summed E-state index contributed by atoms with van der Waals surface area (Å²) < 4.78 is 5.65. The predicted molar refractivity (Wildman–Crippen MR) is 123 cm³/mol. The van der Waals surface area contributed by atoms with Crippen molar-refractivity contribution in [3.05, 3.63) is 64.3 Å². The molecule has 3 aromatic rings. The van der Waals surface area contributed by atoms with Gasteiger partial charge in [0.05, 0.1) is 6.04 Å². The van der Waals surface area contributed by atoms with Crippen molar-refractivity contribution in [2.45, 2.75) is 31.9 Å². The van der Waals surface area contributed by atoms with Gasteiger partial charge in [-0.1, -0.05) is 30.7 Å². The number of nitrogens with one attached hydrogen (secondary N) is 2. The fraction of sp³-hybridized carbons (Fsp3) is 0.333. The monoisotopic (exact) mass is 455 g/mol. The Labute approximate surface area is 191 Å². The van der Waals surface area contributed by atoms with E-state index in [1.807, 2.05) is 42.5 Å². The van der Waals surface area contributed by atoms with Crippen molar-refractivity contribution in [1.29, 1.82) is 0 Å². The Kier molecular flexibility index (Phi) is 6.67. The highest BCUT2D eigenvalue weighted by Crippen LogP contribution is 2.38. The van der Waals surface area contributed by atoms with Crippen LogP contribution in [0.1, 0.15) is 36.2 Å². The van der Waals surface area contributed by atoms with E-state index in [-0.39, 0.29) is 25.1 Å². The third kappa shape index (κ3) is 4.59. The smallest absolute Gasteiger partial charge is 0.219 e. The molecule has 0 aliphatic carbocycles. The van der Waals surface area contributed by atoms with Gasteiger partial charge in [0.25, 0.3) is 0 Å². The van der Waals surface area contributed by atoms with Crippen LogP contribution >= 0.6 is 11.6 Å². The van der Waals surface area contributed by atoms with Crippen molar-refractivity contribution in [2.24, 2.45) is 0 Å². The molecule has 0 radical (unpaired) electrons. The van der Waals surface area contributed by atoms with Crippen LogP contribution in [-0.4, -0.2) is 53.1 Å². The summed E-state index contributed by atoms with van der Waals surface area (Å²) >= 11 is 6.21. The Morgan fingerprint density at radius 2 is 2.12 bits per heavy atom. The fourth-order valence-electron chi connectivity index (χ4n) is 4.11. The SMILES string of the molecule is CCC(=O)NCC(O)COc1ccc(C2c3[nH]c4ccc(Cl)cc4c3CCN2C=O)cc1. The van der Waals surface area contributed by atoms with Crippen molar-refractivity contribution >= 4 is 34.8 Å². The predicted octanol–water partition coefficient (Wildman–Crippen LogP) is 3.19. The number of fused-ring (bicyclic) bond motifs is 3. The van der Waals surface area contributed by atoms with E-state index in [0.717, 1.165) is 35.0 Å². The number of halogens is 1. The number of hydrogen-bond acceptors (Lipinski definition) is 4. The lowest BCUT2D eigenvalue weighted by atomic mass is 9.93. The van der Waals surface area contributed by atoms with Crippen molar-refractivity contribution in [1.82, 2.24) is 15.2 Å². The molecule has 0 spiro atoms. The van der Waals surface area contributed by atoms with Crippen LogP contribution in [0.15, 0.2) is 42.5 Å². The highest BCUT2D eigenvalue weighted by Gasteiger charge is 2.31. The molecule has 2 amide bonds. The van der Waals surface area contributed by atoms with Crippen LogP contribution in [-0.2, 0) is 16.0 Å². The molecule has 4 rings (SSSR count). The first-order valence-corrected chi connectivity index (χ1v) is 11.1. The Morgan fingerprint density at radius 3 is 2.84 bits per heavy atom. The van der Waals surface area contributed by atoms with Gasteiger partial charge in [0, 0.05) is 41.1 Å². The molecular formula is C24H26ClN3O4. The molecule has 1 aliphatic rings. The Balaban J connectivity index is 1.51. The molecule has 168 valence electrons. The van der Waals surface area contributed by atoms with Crippen molar-refractivity contribution < 1.29 is 19.4 Å². The summed E-state index contributed by atoms with van der Waals surface area (Å²) in [5.74, 6) is 0.492. The third-order valence-corrected chi connectivity index (χ3v) is 5.99. The maximum absolute atomic E-state index is 11.8. The van der Waals surface area contributed by atoms with E-state index in [1.54, 1.807) is 11.8 Å². The fourth-order valence-corrected chi connectivity index (χ4v) is 4.28. The number of ether oxygens (including phenoxy) is 1. The van der Waals surface area contributed by atoms with E-state index >= 15 is 0 Å². The normalized spacial score (nSPS) is 16.5. The Hall–Kier alpha value is -3.03. The molecule has 1 aromatic heterocycles. The molecule has 2 aromatic carbocycles. The lowest BCUT2D eigenvalue weighted by Gasteiger charge is -2.33. The van der Waals surface area contributed by atoms with Gasteiger partial charge in [0.15, 0.2) is 0 Å². The van der Waals surface area contributed by atoms with E-state index in [4.69, 9.17) is 16.3 Å². The number of H-pyrrole nitrogens is 1. The summed E-state index contributed by atoms with van der Waals surface area (Å²) in [6, 6.07) is 13.0. The quantitative estimate of drug-likeness (QED) is 0.454. The zero-order valence-corrected chi connectivity index (χ0v) is 18.6. The molecule has 2 atom stereocenters. The number of nitrogens with zero attached hydrogens (tertiary/aromatic N) is 1. The minimum atomic E-state index is -0.796. The molecule has 0 saturated carbocycles. The summed E-state index contributed by atoms with van der Waals surface area (Å²) in [5, 5.41) is 14.4. The average Bonchev–Trinajstić information content (AvgIpc) is 3.18. The second-order valence-electron chi connectivity index (χ2n) is 7.89. The van der Waals surface area contributed by atoms with Gasteiger partial charge in [-0.2, -0.15) is 0 Å². The molecule has 2 unspecified atom stereocenters. The van der Waals surface area contributed by atoms with E-state index in [0.29, 0.717) is 23.7 Å². The lowest BCUT2D eigenvalue weighted by molar-refractivity contribution is -0.121. The number of aliphatic hydroxyl groups excluding tert-OH is 1. The first-order chi connectivity index (χ1) is 15.5. The molecule has 2 heterocycles. The summed E-state index contributed by atoms with van der Waals surface area (Å²) in [4.78, 5) is 28.4. The summed E-state index contributed by atoms with van der Waals surface area (Å²) in [6.07, 6.45) is 1.23. The molecule has 3 N–H and O–H groups in total. The number of aromatic nitrogens is 1. The van der Waals surface area contributed by atoms with Crippen LogP contribution in [0, 0.1) is 0 Å². The maximum Gasteiger partial charge on any atom is 0.219 e. The minimum Gasteiger partial charge on any atom is -0.491 e. The van der Waals surface area contributed by atoms with Crippen LogP contribution in [0.2, 0.25) is 5.02 Å². The molecule has 0 bridgehead atoms. The number of amides is 2. The first kappa shape index (κ1) is 22.2. The average molecular weight is 456 g/mol. The maximum atomic E-state index is 11.8. The van der Waals surface area contributed by atoms with E-state index in [2.05, 4.69) is 10.3 Å². The van der Waals surface area contributed by atoms with E-state index in [1.165, 1.54) is 5.56 Å². The van der Waals surface area contributed by atoms with Crippen molar-refractivity contribution in [3.8, 4) is 5.75 Å². The Bertz CT molecular complexity index is 1110. The standard InChI is InChI=1S/C24H26ClN3O4/c1-2-22(31)26-12-17(30)13-32-18-6-3-15(4-7-18)24-23-19(9-10-28(24)14-29)20-11-16(25)5-8-21(20)27-23/h3-8,11,14,17,24,27,30H,2,9-10,12-13H2,1H3,(H,26,31). The van der Waals surface area contributed by atoms with E-state index < -0.39 is 6.10 Å². The van der Waals surface area contributed by atoms with Crippen molar-refractivity contribution in [2.75, 3.05) is 19.7 Å². The highest BCUT2D eigenvalue weighted by atomic mass is 35.5. The molecule has 0 saturated heterocycles. The topological polar surface area (TPSA) is 94.7 Å². The number of hydrogen-bond donors (Lipinski definition) is 3. The number of benzene rings is 2. The summed E-state index contributed by atoms with van der Waals surface area (Å²) in [7, 11) is 0. The number of carbonyl (C=O) groups is 2. The molecule has 1 aliphatic heterocycles. The second kappa shape index (κ2) is 9.63. The van der Waals surface area contributed by atoms with Gasteiger partial charge in [-0.25, -0.2) is 0 Å². The lowest BCUT2D eigenvalue weighted by Crippen LogP contribution is -2.35. The second-order valence-corrected chi connectivity index (χ2v) is 8.33. The molecule has 8 heteroatoms. The number of rotatable bonds is 8. The molecule has 32 heavy (non-hydrogen) atoms. The summed E-state index contributed by atoms with van der Waals surface area (Å²) in [5.41, 5.74) is 4.14. The number of carbonyl (C=O) groups excluding carboxylic acids is 2. The summed E-state index contributed by atoms with van der Waals surface area (Å²) in [6.45, 7) is 2.59. The van der Waals surface area contributed by atoms with Crippen LogP contribution in [0.4, 0.5) is 0 Å². The van der Waals surface area contributed by atoms with Gasteiger partial charge in [0.1, 0.15) is 18.5 Å². The van der Waals surface area contributed by atoms with Gasteiger partial charge in [-0.3, -0.25) is 9.59 Å². The van der Waals surface area contributed by atoms with Crippen LogP contribution in [0.3, 0.4) is 0 Å². The van der Waals surface area contributed by atoms with Gasteiger partial charge >= 0.3 is 0 Å². The Morgan fingerprint density at radius 1 is 1.34 bits per heavy atom. The van der Waals surface area contributed by atoms with E-state index in [9.17, 15) is 14.7 Å². The molecule has 7 nitrogen and oxygen atoms in total. The van der Waals surface area contributed by atoms with Gasteiger partial charge in [-0.15, -0.1) is 0 Å². The third-order valence-electron chi connectivity index (χ3n) is 5.76. The molecular weight excluding hydrogens is 430 g/mol. The van der Waals surface area contributed by atoms with Crippen molar-refractivity contribution in [3.63, 3.8) is 0 Å². The largest absolute Gasteiger partial charge is 0.491 e. The number of aromatic amines is 1. The minimum absolute atomic E-state index is 0.0696. The van der Waals surface area contributed by atoms with Gasteiger partial charge in [0.2, 0.25) is 12.3 Å². The highest BCUT2D eigenvalue weighted by molar-refractivity contribution is 6.31. The van der Waals surface area contributed by atoms with Gasteiger partial charge < -0.3 is 25.0 Å². The van der Waals surface area contributed by atoms with Crippen LogP contribution < -0.4 is 10.1 Å². The van der Waals surface area contributed by atoms with Gasteiger partial charge in [-0.05, 0) is 47.9 Å².